The van der Waals surface area contributed by atoms with E-state index in [2.05, 4.69) is 4.65 Å². The van der Waals surface area contributed by atoms with Crippen molar-refractivity contribution in [3.8, 4) is 6.26 Å². The molecule has 0 fully saturated rings. The fraction of sp³-hybridized carbons (Fsp3) is 0.429. The molecule has 0 saturated carbocycles. The Balaban J connectivity index is 2.22. The summed E-state index contributed by atoms with van der Waals surface area (Å²) < 4.78 is 30.4. The van der Waals surface area contributed by atoms with Gasteiger partial charge < -0.3 is 0 Å². The molecule has 1 aromatic carbocycles. The number of anilines is 1. The van der Waals surface area contributed by atoms with Crippen LogP contribution in [0.15, 0.2) is 18.2 Å². The standard InChI is InChI=1S/C14H19BN4O3S/c1-19(14(18)15-22-9-16)23(20,21)8-11-4-2-3-10-5-6-12(17)7-13(10)11/h5-7,11H,2-4,8,17-18H2,1H3. The SMILES string of the molecule is CN(C(N)=BOC#N)S(=O)(=O)CC1CCCc2ccc(N)cc21. The molecule has 1 unspecified atom stereocenters. The quantitative estimate of drug-likeness (QED) is 0.448. The number of nitriles is 1. The molecule has 7 nitrogen and oxygen atoms in total. The van der Waals surface area contributed by atoms with E-state index in [1.807, 2.05) is 18.2 Å². The Morgan fingerprint density at radius 3 is 3.00 bits per heavy atom. The number of hydrogen-bond acceptors (Lipinski definition) is 6. The monoisotopic (exact) mass is 334 g/mol. The molecule has 0 amide bonds. The zero-order chi connectivity index (χ0) is 17.0. The molecule has 0 saturated heterocycles. The Hall–Kier alpha value is -2.21. The topological polar surface area (TPSA) is 122 Å². The van der Waals surface area contributed by atoms with Gasteiger partial charge in [-0.1, -0.05) is 0 Å². The summed E-state index contributed by atoms with van der Waals surface area (Å²) in [6.45, 7) is 0. The maximum atomic E-state index is 12.5. The number of rotatable bonds is 5. The molecular weight excluding hydrogens is 315 g/mol. The van der Waals surface area contributed by atoms with E-state index in [1.54, 1.807) is 0 Å². The number of nitrogens with zero attached hydrogens (tertiary/aromatic N) is 2. The molecule has 23 heavy (non-hydrogen) atoms. The third-order valence-corrected chi connectivity index (χ3v) is 5.90. The first kappa shape index (κ1) is 17.2. The van der Waals surface area contributed by atoms with E-state index in [-0.39, 0.29) is 17.4 Å². The van der Waals surface area contributed by atoms with Crippen LogP contribution in [0.2, 0.25) is 0 Å². The van der Waals surface area contributed by atoms with Gasteiger partial charge in [0.15, 0.2) is 0 Å². The molecule has 2 rings (SSSR count). The van der Waals surface area contributed by atoms with E-state index >= 15 is 0 Å². The third kappa shape index (κ3) is 3.96. The van der Waals surface area contributed by atoms with Crippen LogP contribution in [0.25, 0.3) is 0 Å². The van der Waals surface area contributed by atoms with Crippen molar-refractivity contribution in [2.45, 2.75) is 25.2 Å². The van der Waals surface area contributed by atoms with Gasteiger partial charge in [-0.15, -0.1) is 0 Å². The van der Waals surface area contributed by atoms with Crippen LogP contribution < -0.4 is 11.5 Å². The van der Waals surface area contributed by atoms with Crippen LogP contribution >= 0.6 is 0 Å². The van der Waals surface area contributed by atoms with Crippen LogP contribution in [0.5, 0.6) is 0 Å². The Morgan fingerprint density at radius 2 is 2.30 bits per heavy atom. The molecule has 0 heterocycles. The Labute approximate surface area is 136 Å². The molecular formula is C14H19BN4O3S. The normalized spacial score (nSPS) is 17.6. The molecule has 4 N–H and O–H groups in total. The predicted octanol–water partition coefficient (Wildman–Crippen LogP) is 0.113. The van der Waals surface area contributed by atoms with Gasteiger partial charge in [-0.3, -0.25) is 0 Å². The molecule has 0 spiro atoms. The first-order chi connectivity index (χ1) is 10.8. The van der Waals surface area contributed by atoms with Gasteiger partial charge in [0.05, 0.1) is 0 Å². The number of hydrogen-bond donors (Lipinski definition) is 2. The van der Waals surface area contributed by atoms with E-state index in [9.17, 15) is 8.42 Å². The Kier molecular flexibility index (Phi) is 5.16. The van der Waals surface area contributed by atoms with Crippen molar-refractivity contribution >= 4 is 28.5 Å². The van der Waals surface area contributed by atoms with Gasteiger partial charge in [0, 0.05) is 0 Å². The second-order valence-corrected chi connectivity index (χ2v) is 7.59. The molecule has 0 aromatic heterocycles. The molecule has 0 aliphatic heterocycles. The summed E-state index contributed by atoms with van der Waals surface area (Å²) in [5.74, 6) is -0.194. The van der Waals surface area contributed by atoms with Gasteiger partial charge in [-0.25, -0.2) is 0 Å². The van der Waals surface area contributed by atoms with Crippen molar-refractivity contribution in [2.75, 3.05) is 18.5 Å². The van der Waals surface area contributed by atoms with Gasteiger partial charge in [0.25, 0.3) is 0 Å². The van der Waals surface area contributed by atoms with Crippen molar-refractivity contribution in [3.05, 3.63) is 29.3 Å². The van der Waals surface area contributed by atoms with E-state index in [4.69, 9.17) is 16.7 Å². The van der Waals surface area contributed by atoms with Crippen LogP contribution in [0.4, 0.5) is 5.69 Å². The summed E-state index contributed by atoms with van der Waals surface area (Å²) in [5, 5.41) is 8.34. The predicted molar refractivity (Wildman–Crippen MR) is 89.7 cm³/mol. The second kappa shape index (κ2) is 6.92. The summed E-state index contributed by atoms with van der Waals surface area (Å²) in [5.41, 5.74) is 14.1. The molecule has 0 bridgehead atoms. The number of aryl methyl sites for hydroxylation is 1. The Morgan fingerprint density at radius 1 is 1.57 bits per heavy atom. The second-order valence-electron chi connectivity index (χ2n) is 5.55. The molecule has 1 aliphatic rings. The zero-order valence-corrected chi connectivity index (χ0v) is 13.7. The summed E-state index contributed by atoms with van der Waals surface area (Å²) in [6, 6.07) is 5.65. The van der Waals surface area contributed by atoms with Gasteiger partial charge in [-0.05, 0) is 0 Å². The van der Waals surface area contributed by atoms with E-state index in [1.165, 1.54) is 13.3 Å². The van der Waals surface area contributed by atoms with Crippen molar-refractivity contribution in [2.24, 2.45) is 5.73 Å². The van der Waals surface area contributed by atoms with Gasteiger partial charge >= 0.3 is 136 Å². The molecule has 0 radical (unpaired) electrons. The first-order valence-electron chi connectivity index (χ1n) is 7.20. The molecule has 1 aromatic rings. The van der Waals surface area contributed by atoms with Crippen molar-refractivity contribution in [3.63, 3.8) is 0 Å². The Bertz CT molecular complexity index is 758. The van der Waals surface area contributed by atoms with Crippen molar-refractivity contribution < 1.29 is 13.1 Å². The fourth-order valence-corrected chi connectivity index (χ4v) is 4.22. The van der Waals surface area contributed by atoms with Crippen LogP contribution in [0.1, 0.15) is 29.9 Å². The summed E-state index contributed by atoms with van der Waals surface area (Å²) in [4.78, 5) is 0. The number of nitrogen functional groups attached to an aromatic ring is 1. The van der Waals surface area contributed by atoms with Gasteiger partial charge in [0.2, 0.25) is 0 Å². The summed E-state index contributed by atoms with van der Waals surface area (Å²) in [6.07, 6.45) is 4.06. The van der Waals surface area contributed by atoms with Crippen molar-refractivity contribution in [1.29, 1.82) is 5.26 Å². The summed E-state index contributed by atoms with van der Waals surface area (Å²) >= 11 is 0. The fourth-order valence-electron chi connectivity index (χ4n) is 2.78. The van der Waals surface area contributed by atoms with Crippen LogP contribution in [0.3, 0.4) is 0 Å². The van der Waals surface area contributed by atoms with Gasteiger partial charge in [-0.2, -0.15) is 0 Å². The molecule has 1 atom stereocenters. The number of benzene rings is 1. The molecule has 9 heteroatoms. The minimum atomic E-state index is -3.64. The zero-order valence-electron chi connectivity index (χ0n) is 12.9. The first-order valence-corrected chi connectivity index (χ1v) is 8.81. The van der Waals surface area contributed by atoms with E-state index in [0.717, 1.165) is 41.8 Å². The maximum absolute atomic E-state index is 12.5. The summed E-state index contributed by atoms with van der Waals surface area (Å²) in [7, 11) is -1.39. The van der Waals surface area contributed by atoms with Crippen LogP contribution in [-0.2, 0) is 21.1 Å². The molecule has 1 aliphatic carbocycles. The minimum absolute atomic E-state index is 0.0684. The number of nitrogens with two attached hydrogens (primary N) is 2. The van der Waals surface area contributed by atoms with E-state index < -0.39 is 10.0 Å². The average Bonchev–Trinajstić information content (AvgIpc) is 2.52. The van der Waals surface area contributed by atoms with Crippen LogP contribution in [-0.4, -0.2) is 38.4 Å². The van der Waals surface area contributed by atoms with E-state index in [0.29, 0.717) is 5.69 Å². The third-order valence-electron chi connectivity index (χ3n) is 4.03. The average molecular weight is 334 g/mol. The molecule has 122 valence electrons. The van der Waals surface area contributed by atoms with Crippen molar-refractivity contribution in [1.82, 2.24) is 4.31 Å². The number of fused-ring (bicyclic) bond motifs is 1. The van der Waals surface area contributed by atoms with Crippen LogP contribution in [0, 0.1) is 11.5 Å². The van der Waals surface area contributed by atoms with Gasteiger partial charge in [0.1, 0.15) is 0 Å². The number of sulfonamides is 1.